The number of aryl methyl sites for hydroxylation is 1. The third-order valence-electron chi connectivity index (χ3n) is 2.92. The molecule has 1 heterocycles. The Balaban J connectivity index is 2.04. The van der Waals surface area contributed by atoms with Crippen molar-refractivity contribution in [3.05, 3.63) is 47.8 Å². The smallest absolute Gasteiger partial charge is 0.240 e. The lowest BCUT2D eigenvalue weighted by atomic mass is 10.2. The molecule has 0 spiro atoms. The van der Waals surface area contributed by atoms with Crippen LogP contribution in [0.3, 0.4) is 0 Å². The minimum Gasteiger partial charge on any atom is -0.326 e. The van der Waals surface area contributed by atoms with E-state index < -0.39 is 10.0 Å². The molecule has 0 unspecified atom stereocenters. The van der Waals surface area contributed by atoms with Gasteiger partial charge in [-0.25, -0.2) is 13.1 Å². The molecule has 7 heteroatoms. The number of benzene rings is 1. The van der Waals surface area contributed by atoms with Crippen LogP contribution in [0, 0.1) is 0 Å². The van der Waals surface area contributed by atoms with Crippen LogP contribution in [0.25, 0.3) is 0 Å². The zero-order chi connectivity index (χ0) is 14.6. The van der Waals surface area contributed by atoms with E-state index in [-0.39, 0.29) is 11.4 Å². The fourth-order valence-corrected chi connectivity index (χ4v) is 3.20. The van der Waals surface area contributed by atoms with Gasteiger partial charge in [0.05, 0.1) is 10.6 Å². The summed E-state index contributed by atoms with van der Waals surface area (Å²) >= 11 is 0. The molecule has 0 aliphatic heterocycles. The molecule has 0 bridgehead atoms. The number of nitrogens with one attached hydrogen (secondary N) is 1. The fourth-order valence-electron chi connectivity index (χ4n) is 1.92. The molecule has 0 atom stereocenters. The van der Waals surface area contributed by atoms with Crippen molar-refractivity contribution in [3.63, 3.8) is 0 Å². The van der Waals surface area contributed by atoms with E-state index in [4.69, 9.17) is 5.73 Å². The van der Waals surface area contributed by atoms with Crippen molar-refractivity contribution in [3.8, 4) is 0 Å². The van der Waals surface area contributed by atoms with Gasteiger partial charge in [-0.2, -0.15) is 5.10 Å². The molecular weight excluding hydrogens is 276 g/mol. The summed E-state index contributed by atoms with van der Waals surface area (Å²) in [6, 6.07) is 8.60. The minimum atomic E-state index is -3.53. The van der Waals surface area contributed by atoms with Gasteiger partial charge in [0.15, 0.2) is 0 Å². The highest BCUT2D eigenvalue weighted by Gasteiger charge is 2.16. The molecule has 0 amide bonds. The quantitative estimate of drug-likeness (QED) is 0.807. The lowest BCUT2D eigenvalue weighted by Gasteiger charge is -2.09. The maximum Gasteiger partial charge on any atom is 0.240 e. The average molecular weight is 294 g/mol. The maximum absolute atomic E-state index is 12.2. The second kappa shape index (κ2) is 6.17. The van der Waals surface area contributed by atoms with Crippen molar-refractivity contribution in [2.24, 2.45) is 12.8 Å². The molecule has 0 aliphatic carbocycles. The van der Waals surface area contributed by atoms with E-state index in [0.29, 0.717) is 18.5 Å². The fraction of sp³-hybridized carbons (Fsp3) is 0.308. The summed E-state index contributed by atoms with van der Waals surface area (Å²) in [6.07, 6.45) is 2.37. The van der Waals surface area contributed by atoms with E-state index in [1.165, 1.54) is 0 Å². The summed E-state index contributed by atoms with van der Waals surface area (Å²) in [5.74, 6) is 0. The van der Waals surface area contributed by atoms with E-state index >= 15 is 0 Å². The Morgan fingerprint density at radius 2 is 2.05 bits per heavy atom. The Bertz CT molecular complexity index is 679. The van der Waals surface area contributed by atoms with E-state index in [1.807, 2.05) is 19.3 Å². The molecule has 1 aromatic heterocycles. The van der Waals surface area contributed by atoms with Crippen LogP contribution in [0.2, 0.25) is 0 Å². The average Bonchev–Trinajstić information content (AvgIpc) is 2.84. The summed E-state index contributed by atoms with van der Waals surface area (Å²) in [5.41, 5.74) is 7.02. The van der Waals surface area contributed by atoms with Gasteiger partial charge in [-0.1, -0.05) is 18.2 Å². The first-order valence-corrected chi connectivity index (χ1v) is 7.77. The van der Waals surface area contributed by atoms with Gasteiger partial charge >= 0.3 is 0 Å². The zero-order valence-electron chi connectivity index (χ0n) is 11.3. The van der Waals surface area contributed by atoms with Gasteiger partial charge in [-0.05, 0) is 17.7 Å². The summed E-state index contributed by atoms with van der Waals surface area (Å²) in [6.45, 7) is 0.496. The molecule has 0 radical (unpaired) electrons. The first-order chi connectivity index (χ1) is 9.53. The van der Waals surface area contributed by atoms with Gasteiger partial charge in [-0.3, -0.25) is 4.68 Å². The summed E-state index contributed by atoms with van der Waals surface area (Å²) < 4.78 is 28.7. The van der Waals surface area contributed by atoms with Gasteiger partial charge in [0.25, 0.3) is 0 Å². The highest BCUT2D eigenvalue weighted by atomic mass is 32.2. The topological polar surface area (TPSA) is 90.0 Å². The Labute approximate surface area is 118 Å². The third kappa shape index (κ3) is 3.44. The monoisotopic (exact) mass is 294 g/mol. The standard InChI is InChI=1S/C13H18N4O2S/c1-17-9-7-12(16-17)6-8-15-20(18,19)13-5-3-2-4-11(13)10-14/h2-5,7,9,15H,6,8,10,14H2,1H3. The van der Waals surface area contributed by atoms with Crippen molar-refractivity contribution in [2.45, 2.75) is 17.9 Å². The number of rotatable bonds is 6. The van der Waals surface area contributed by atoms with Crippen molar-refractivity contribution in [1.29, 1.82) is 0 Å². The Hall–Kier alpha value is -1.70. The highest BCUT2D eigenvalue weighted by molar-refractivity contribution is 7.89. The third-order valence-corrected chi connectivity index (χ3v) is 4.49. The molecule has 20 heavy (non-hydrogen) atoms. The van der Waals surface area contributed by atoms with E-state index in [9.17, 15) is 8.42 Å². The summed E-state index contributed by atoms with van der Waals surface area (Å²) in [4.78, 5) is 0.239. The second-order valence-corrected chi connectivity index (χ2v) is 6.18. The molecule has 2 aromatic rings. The minimum absolute atomic E-state index is 0.192. The Morgan fingerprint density at radius 3 is 2.70 bits per heavy atom. The van der Waals surface area contributed by atoms with Crippen LogP contribution in [0.4, 0.5) is 0 Å². The van der Waals surface area contributed by atoms with Crippen LogP contribution in [0.1, 0.15) is 11.3 Å². The van der Waals surface area contributed by atoms with Crippen molar-refractivity contribution in [1.82, 2.24) is 14.5 Å². The summed E-state index contributed by atoms with van der Waals surface area (Å²) in [5, 5.41) is 4.20. The van der Waals surface area contributed by atoms with Crippen molar-refractivity contribution < 1.29 is 8.42 Å². The van der Waals surface area contributed by atoms with Crippen LogP contribution < -0.4 is 10.5 Å². The first kappa shape index (κ1) is 14.7. The van der Waals surface area contributed by atoms with Gasteiger partial charge in [0, 0.05) is 32.8 Å². The molecule has 0 aliphatic rings. The van der Waals surface area contributed by atoms with E-state index in [2.05, 4.69) is 9.82 Å². The van der Waals surface area contributed by atoms with Crippen LogP contribution >= 0.6 is 0 Å². The molecule has 1 aromatic carbocycles. The molecule has 0 saturated heterocycles. The number of aromatic nitrogens is 2. The number of hydrogen-bond acceptors (Lipinski definition) is 4. The second-order valence-electron chi connectivity index (χ2n) is 4.44. The van der Waals surface area contributed by atoms with E-state index in [1.54, 1.807) is 28.9 Å². The SMILES string of the molecule is Cn1ccc(CCNS(=O)(=O)c2ccccc2CN)n1. The molecule has 108 valence electrons. The normalized spacial score (nSPS) is 11.7. The zero-order valence-corrected chi connectivity index (χ0v) is 12.1. The predicted molar refractivity (Wildman–Crippen MR) is 76.4 cm³/mol. The maximum atomic E-state index is 12.2. The molecular formula is C13H18N4O2S. The molecule has 0 saturated carbocycles. The van der Waals surface area contributed by atoms with Crippen molar-refractivity contribution in [2.75, 3.05) is 6.54 Å². The van der Waals surface area contributed by atoms with Gasteiger partial charge in [0.2, 0.25) is 10.0 Å². The first-order valence-electron chi connectivity index (χ1n) is 6.29. The summed E-state index contributed by atoms with van der Waals surface area (Å²) in [7, 11) is -1.71. The molecule has 0 fully saturated rings. The van der Waals surface area contributed by atoms with Gasteiger partial charge in [-0.15, -0.1) is 0 Å². The van der Waals surface area contributed by atoms with Crippen LogP contribution in [0.5, 0.6) is 0 Å². The van der Waals surface area contributed by atoms with Crippen LogP contribution in [-0.2, 0) is 30.0 Å². The molecule has 3 N–H and O–H groups in total. The lowest BCUT2D eigenvalue weighted by molar-refractivity contribution is 0.579. The predicted octanol–water partition coefficient (Wildman–Crippen LogP) is 0.400. The highest BCUT2D eigenvalue weighted by Crippen LogP contribution is 2.14. The number of hydrogen-bond donors (Lipinski definition) is 2. The lowest BCUT2D eigenvalue weighted by Crippen LogP contribution is -2.27. The number of nitrogens with zero attached hydrogens (tertiary/aromatic N) is 2. The van der Waals surface area contributed by atoms with Crippen molar-refractivity contribution >= 4 is 10.0 Å². The molecule has 2 rings (SSSR count). The Morgan fingerprint density at radius 1 is 1.30 bits per heavy atom. The van der Waals surface area contributed by atoms with Gasteiger partial charge in [0.1, 0.15) is 0 Å². The van der Waals surface area contributed by atoms with Crippen LogP contribution in [-0.4, -0.2) is 24.7 Å². The van der Waals surface area contributed by atoms with Gasteiger partial charge < -0.3 is 5.73 Å². The largest absolute Gasteiger partial charge is 0.326 e. The van der Waals surface area contributed by atoms with E-state index in [0.717, 1.165) is 5.69 Å². The van der Waals surface area contributed by atoms with Crippen LogP contribution in [0.15, 0.2) is 41.4 Å². The molecule has 6 nitrogen and oxygen atoms in total. The number of nitrogens with two attached hydrogens (primary N) is 1. The number of sulfonamides is 1. The Kier molecular flexibility index (Phi) is 4.53.